The number of carbonyl (C=O) groups excluding carboxylic acids is 2. The number of carbonyl (C=O) groups is 2. The molecular weight excluding hydrogens is 446 g/mol. The van der Waals surface area contributed by atoms with E-state index >= 15 is 0 Å². The van der Waals surface area contributed by atoms with Crippen molar-refractivity contribution in [3.63, 3.8) is 0 Å². The van der Waals surface area contributed by atoms with Gasteiger partial charge in [0, 0.05) is 44.3 Å². The molecule has 1 aromatic heterocycles. The van der Waals surface area contributed by atoms with Crippen LogP contribution in [0.4, 0.5) is 4.79 Å². The normalized spacial score (nSPS) is 16.1. The fourth-order valence-corrected chi connectivity index (χ4v) is 4.36. The standard InChI is InChI=1S/C27H29N3O5/c1-4-33-26(31)24(14-25-23-10-5-18(15-28)13-20(23)17-34-25)19-6-8-21(9-7-19)35-22-11-12-30(16-22)27(32)29(2)3/h5-10,13,17,22,24H,4,11-12,14,16H2,1-3H3/t22-,24?/m0/s1. The highest BCUT2D eigenvalue weighted by Crippen LogP contribution is 2.30. The first-order valence-electron chi connectivity index (χ1n) is 11.7. The highest BCUT2D eigenvalue weighted by molar-refractivity contribution is 5.86. The van der Waals surface area contributed by atoms with Gasteiger partial charge in [0.05, 0.1) is 37.0 Å². The number of furan rings is 1. The van der Waals surface area contributed by atoms with E-state index in [1.807, 2.05) is 30.3 Å². The van der Waals surface area contributed by atoms with E-state index in [0.29, 0.717) is 36.6 Å². The Labute approximate surface area is 204 Å². The summed E-state index contributed by atoms with van der Waals surface area (Å²) < 4.78 is 17.2. The second kappa shape index (κ2) is 10.5. The van der Waals surface area contributed by atoms with E-state index in [1.54, 1.807) is 49.2 Å². The number of amides is 2. The third-order valence-corrected chi connectivity index (χ3v) is 6.15. The number of benzene rings is 2. The van der Waals surface area contributed by atoms with Gasteiger partial charge >= 0.3 is 12.0 Å². The molecule has 2 heterocycles. The zero-order chi connectivity index (χ0) is 24.9. The van der Waals surface area contributed by atoms with Crippen molar-refractivity contribution in [1.29, 1.82) is 5.26 Å². The van der Waals surface area contributed by atoms with Crippen LogP contribution in [0.5, 0.6) is 5.75 Å². The van der Waals surface area contributed by atoms with Crippen LogP contribution in [0.2, 0.25) is 0 Å². The molecule has 8 heteroatoms. The van der Waals surface area contributed by atoms with Crippen molar-refractivity contribution < 1.29 is 23.5 Å². The van der Waals surface area contributed by atoms with Gasteiger partial charge in [-0.25, -0.2) is 4.79 Å². The fraction of sp³-hybridized carbons (Fsp3) is 0.370. The van der Waals surface area contributed by atoms with Gasteiger partial charge in [-0.05, 0) is 42.8 Å². The zero-order valence-electron chi connectivity index (χ0n) is 20.2. The lowest BCUT2D eigenvalue weighted by atomic mass is 9.93. The van der Waals surface area contributed by atoms with Crippen molar-refractivity contribution >= 4 is 22.8 Å². The van der Waals surface area contributed by atoms with Gasteiger partial charge in [-0.1, -0.05) is 12.1 Å². The maximum Gasteiger partial charge on any atom is 0.319 e. The molecule has 0 bridgehead atoms. The van der Waals surface area contributed by atoms with Crippen LogP contribution in [0.15, 0.2) is 53.1 Å². The van der Waals surface area contributed by atoms with Crippen molar-refractivity contribution in [2.75, 3.05) is 33.8 Å². The van der Waals surface area contributed by atoms with Crippen molar-refractivity contribution in [2.45, 2.75) is 31.8 Å². The van der Waals surface area contributed by atoms with Gasteiger partial charge in [-0.3, -0.25) is 4.79 Å². The van der Waals surface area contributed by atoms with Crippen LogP contribution in [0, 0.1) is 11.3 Å². The predicted octanol–water partition coefficient (Wildman–Crippen LogP) is 4.33. The number of esters is 1. The zero-order valence-corrected chi connectivity index (χ0v) is 20.2. The quantitative estimate of drug-likeness (QED) is 0.472. The summed E-state index contributed by atoms with van der Waals surface area (Å²) >= 11 is 0. The minimum Gasteiger partial charge on any atom is -0.489 e. The SMILES string of the molecule is CCOC(=O)C(Cc1occ2cc(C#N)ccc12)c1ccc(O[C@H]2CCN(C(=O)N(C)C)C2)cc1. The van der Waals surface area contributed by atoms with E-state index in [9.17, 15) is 9.59 Å². The molecule has 3 aromatic rings. The first-order valence-corrected chi connectivity index (χ1v) is 11.7. The van der Waals surface area contributed by atoms with Crippen LogP contribution >= 0.6 is 0 Å². The Kier molecular flexibility index (Phi) is 7.25. The number of ether oxygens (including phenoxy) is 2. The summed E-state index contributed by atoms with van der Waals surface area (Å²) in [5.41, 5.74) is 1.35. The number of hydrogen-bond acceptors (Lipinski definition) is 6. The molecule has 0 radical (unpaired) electrons. The number of nitrogens with zero attached hydrogens (tertiary/aromatic N) is 3. The van der Waals surface area contributed by atoms with Gasteiger partial charge in [0.2, 0.25) is 0 Å². The maximum atomic E-state index is 12.8. The Morgan fingerprint density at radius 3 is 2.69 bits per heavy atom. The van der Waals surface area contributed by atoms with Crippen molar-refractivity contribution in [3.05, 3.63) is 65.6 Å². The predicted molar refractivity (Wildman–Crippen MR) is 130 cm³/mol. The highest BCUT2D eigenvalue weighted by atomic mass is 16.5. The van der Waals surface area contributed by atoms with E-state index in [-0.39, 0.29) is 24.7 Å². The van der Waals surface area contributed by atoms with E-state index in [4.69, 9.17) is 19.2 Å². The minimum absolute atomic E-state index is 0.0157. The molecule has 0 spiro atoms. The number of rotatable bonds is 7. The molecular formula is C27H29N3O5. The lowest BCUT2D eigenvalue weighted by Gasteiger charge is -2.21. The number of hydrogen-bond donors (Lipinski definition) is 0. The highest BCUT2D eigenvalue weighted by Gasteiger charge is 2.29. The van der Waals surface area contributed by atoms with Crippen LogP contribution in [0.1, 0.15) is 36.1 Å². The third-order valence-electron chi connectivity index (χ3n) is 6.15. The average molecular weight is 476 g/mol. The Morgan fingerprint density at radius 2 is 2.00 bits per heavy atom. The maximum absolute atomic E-state index is 12.8. The molecule has 8 nitrogen and oxygen atoms in total. The molecule has 4 rings (SSSR count). The number of nitriles is 1. The molecule has 182 valence electrons. The molecule has 1 aliphatic heterocycles. The second-order valence-corrected chi connectivity index (χ2v) is 8.80. The molecule has 0 N–H and O–H groups in total. The minimum atomic E-state index is -0.548. The largest absolute Gasteiger partial charge is 0.489 e. The number of fused-ring (bicyclic) bond motifs is 1. The number of likely N-dealkylation sites (tertiary alicyclic amines) is 1. The van der Waals surface area contributed by atoms with Gasteiger partial charge < -0.3 is 23.7 Å². The summed E-state index contributed by atoms with van der Waals surface area (Å²) in [5, 5.41) is 10.8. The summed E-state index contributed by atoms with van der Waals surface area (Å²) in [7, 11) is 3.48. The fourth-order valence-electron chi connectivity index (χ4n) is 4.36. The molecule has 1 unspecified atom stereocenters. The van der Waals surface area contributed by atoms with Crippen molar-refractivity contribution in [2.24, 2.45) is 0 Å². The summed E-state index contributed by atoms with van der Waals surface area (Å²) in [6.07, 6.45) is 2.64. The Morgan fingerprint density at radius 1 is 1.23 bits per heavy atom. The smallest absolute Gasteiger partial charge is 0.319 e. The van der Waals surface area contributed by atoms with Gasteiger partial charge in [0.1, 0.15) is 17.6 Å². The molecule has 1 fully saturated rings. The molecule has 1 saturated heterocycles. The number of urea groups is 1. The van der Waals surface area contributed by atoms with E-state index < -0.39 is 5.92 Å². The van der Waals surface area contributed by atoms with Crippen LogP contribution < -0.4 is 4.74 Å². The van der Waals surface area contributed by atoms with Crippen LogP contribution in [0.25, 0.3) is 10.8 Å². The third kappa shape index (κ3) is 5.40. The molecule has 0 saturated carbocycles. The Bertz CT molecular complexity index is 1240. The first kappa shape index (κ1) is 24.1. The second-order valence-electron chi connectivity index (χ2n) is 8.80. The van der Waals surface area contributed by atoms with Gasteiger partial charge in [0.15, 0.2) is 0 Å². The molecule has 0 aliphatic carbocycles. The van der Waals surface area contributed by atoms with E-state index in [1.165, 1.54) is 0 Å². The first-order chi connectivity index (χ1) is 16.9. The molecule has 35 heavy (non-hydrogen) atoms. The van der Waals surface area contributed by atoms with Crippen LogP contribution in [-0.4, -0.2) is 61.7 Å². The Balaban J connectivity index is 1.49. The lowest BCUT2D eigenvalue weighted by molar-refractivity contribution is -0.145. The summed E-state index contributed by atoms with van der Waals surface area (Å²) in [5.74, 6) is 0.481. The van der Waals surface area contributed by atoms with Crippen molar-refractivity contribution in [3.8, 4) is 11.8 Å². The molecule has 1 aliphatic rings. The van der Waals surface area contributed by atoms with Gasteiger partial charge in [-0.2, -0.15) is 5.26 Å². The van der Waals surface area contributed by atoms with E-state index in [0.717, 1.165) is 22.8 Å². The summed E-state index contributed by atoms with van der Waals surface area (Å²) in [6, 6.07) is 14.9. The van der Waals surface area contributed by atoms with Gasteiger partial charge in [0.25, 0.3) is 0 Å². The summed E-state index contributed by atoms with van der Waals surface area (Å²) in [6.45, 7) is 3.27. The monoisotopic (exact) mass is 475 g/mol. The van der Waals surface area contributed by atoms with E-state index in [2.05, 4.69) is 6.07 Å². The molecule has 2 amide bonds. The molecule has 2 aromatic carbocycles. The van der Waals surface area contributed by atoms with Crippen LogP contribution in [0.3, 0.4) is 0 Å². The lowest BCUT2D eigenvalue weighted by Crippen LogP contribution is -2.38. The Hall–Kier alpha value is -3.99. The average Bonchev–Trinajstić information content (AvgIpc) is 3.49. The topological polar surface area (TPSA) is 96.0 Å². The van der Waals surface area contributed by atoms with Gasteiger partial charge in [-0.15, -0.1) is 0 Å². The van der Waals surface area contributed by atoms with Crippen LogP contribution in [-0.2, 0) is 16.0 Å². The molecule has 2 atom stereocenters. The summed E-state index contributed by atoms with van der Waals surface area (Å²) in [4.78, 5) is 28.3. The van der Waals surface area contributed by atoms with Crippen molar-refractivity contribution in [1.82, 2.24) is 9.80 Å².